The molecule has 14 heavy (non-hydrogen) atoms. The van der Waals surface area contributed by atoms with E-state index in [0.29, 0.717) is 25.0 Å². The van der Waals surface area contributed by atoms with E-state index in [4.69, 9.17) is 9.84 Å². The van der Waals surface area contributed by atoms with Crippen molar-refractivity contribution in [2.24, 2.45) is 0 Å². The second kappa shape index (κ2) is 8.75. The molecule has 0 heterocycles. The molecule has 0 unspecified atom stereocenters. The lowest BCUT2D eigenvalue weighted by molar-refractivity contribution is -0.132. The molecule has 3 nitrogen and oxygen atoms in total. The first-order valence-corrected chi connectivity index (χ1v) is 5.22. The van der Waals surface area contributed by atoms with Gasteiger partial charge in [0.15, 0.2) is 0 Å². The molecule has 0 atom stereocenters. The molecular formula is C11H20O3. The maximum Gasteiger partial charge on any atom is 0.331 e. The van der Waals surface area contributed by atoms with Gasteiger partial charge in [0.25, 0.3) is 0 Å². The molecule has 0 spiro atoms. The van der Waals surface area contributed by atoms with E-state index in [1.807, 2.05) is 6.92 Å². The lowest BCUT2D eigenvalue weighted by Gasteiger charge is -2.01. The number of unbranched alkanes of at least 4 members (excludes halogenated alkanes) is 1. The Bertz CT molecular complexity index is 185. The second-order valence-electron chi connectivity index (χ2n) is 3.14. The number of rotatable bonds is 8. The molecule has 3 heteroatoms. The van der Waals surface area contributed by atoms with Crippen molar-refractivity contribution in [3.05, 3.63) is 11.6 Å². The van der Waals surface area contributed by atoms with Crippen LogP contribution in [0.15, 0.2) is 11.6 Å². The van der Waals surface area contributed by atoms with Crippen LogP contribution in [-0.4, -0.2) is 24.3 Å². The number of ether oxygens (including phenoxy) is 1. The summed E-state index contributed by atoms with van der Waals surface area (Å²) in [6, 6.07) is 0. The average molecular weight is 200 g/mol. The van der Waals surface area contributed by atoms with Crippen LogP contribution in [0.5, 0.6) is 0 Å². The van der Waals surface area contributed by atoms with Crippen molar-refractivity contribution in [1.29, 1.82) is 0 Å². The molecule has 0 aliphatic carbocycles. The summed E-state index contributed by atoms with van der Waals surface area (Å²) >= 11 is 0. The first-order valence-electron chi connectivity index (χ1n) is 5.22. The first-order chi connectivity index (χ1) is 6.72. The minimum absolute atomic E-state index is 0.476. The van der Waals surface area contributed by atoms with Crippen molar-refractivity contribution in [1.82, 2.24) is 0 Å². The van der Waals surface area contributed by atoms with Gasteiger partial charge in [-0.15, -0.1) is 0 Å². The van der Waals surface area contributed by atoms with Gasteiger partial charge in [0, 0.05) is 12.2 Å². The van der Waals surface area contributed by atoms with E-state index < -0.39 is 5.97 Å². The number of hydrogen-bond donors (Lipinski definition) is 1. The van der Waals surface area contributed by atoms with Crippen molar-refractivity contribution in [3.8, 4) is 0 Å². The highest BCUT2D eigenvalue weighted by Crippen LogP contribution is 2.02. The summed E-state index contributed by atoms with van der Waals surface area (Å²) in [6.45, 7) is 5.36. The van der Waals surface area contributed by atoms with Crippen molar-refractivity contribution in [3.63, 3.8) is 0 Å². The van der Waals surface area contributed by atoms with Gasteiger partial charge in [-0.2, -0.15) is 0 Å². The number of carbonyl (C=O) groups is 1. The third kappa shape index (κ3) is 6.66. The topological polar surface area (TPSA) is 46.5 Å². The fraction of sp³-hybridized carbons (Fsp3) is 0.727. The summed E-state index contributed by atoms with van der Waals surface area (Å²) in [5.41, 5.74) is 0.476. The largest absolute Gasteiger partial charge is 0.478 e. The van der Waals surface area contributed by atoms with Gasteiger partial charge in [0.2, 0.25) is 0 Å². The highest BCUT2D eigenvalue weighted by molar-refractivity contribution is 5.86. The molecule has 0 aromatic rings. The summed E-state index contributed by atoms with van der Waals surface area (Å²) in [4.78, 5) is 10.6. The van der Waals surface area contributed by atoms with Crippen molar-refractivity contribution < 1.29 is 14.6 Å². The Hall–Kier alpha value is -0.830. The monoisotopic (exact) mass is 200 g/mol. The summed E-state index contributed by atoms with van der Waals surface area (Å²) in [5, 5.41) is 8.70. The van der Waals surface area contributed by atoms with Gasteiger partial charge in [-0.1, -0.05) is 26.3 Å². The van der Waals surface area contributed by atoms with E-state index in [9.17, 15) is 4.79 Å². The van der Waals surface area contributed by atoms with E-state index in [2.05, 4.69) is 6.92 Å². The standard InChI is InChI=1S/C11H20O3/c1-3-5-8-14-9-6-7-10(4-2)11(12)13/h7H,3-6,8-9H2,1-2H3,(H,12,13). The van der Waals surface area contributed by atoms with Crippen molar-refractivity contribution in [2.45, 2.75) is 39.5 Å². The smallest absolute Gasteiger partial charge is 0.331 e. The Morgan fingerprint density at radius 3 is 2.57 bits per heavy atom. The van der Waals surface area contributed by atoms with E-state index in [-0.39, 0.29) is 0 Å². The van der Waals surface area contributed by atoms with Crippen LogP contribution < -0.4 is 0 Å². The van der Waals surface area contributed by atoms with Gasteiger partial charge < -0.3 is 9.84 Å². The SMILES string of the molecule is CCCCOCCC=C(CC)C(=O)O. The normalized spacial score (nSPS) is 11.7. The quantitative estimate of drug-likeness (QED) is 0.484. The van der Waals surface area contributed by atoms with Crippen molar-refractivity contribution >= 4 is 5.97 Å². The molecule has 0 radical (unpaired) electrons. The third-order valence-electron chi connectivity index (χ3n) is 1.95. The van der Waals surface area contributed by atoms with Crippen LogP contribution in [0.4, 0.5) is 0 Å². The highest BCUT2D eigenvalue weighted by atomic mass is 16.5. The summed E-state index contributed by atoms with van der Waals surface area (Å²) in [5.74, 6) is -0.818. The number of carboxylic acid groups (broad SMARTS) is 1. The Labute approximate surface area is 85.8 Å². The molecule has 0 aliphatic rings. The predicted octanol–water partition coefficient (Wildman–Crippen LogP) is 2.61. The van der Waals surface area contributed by atoms with E-state index in [1.165, 1.54) is 0 Å². The lowest BCUT2D eigenvalue weighted by Crippen LogP contribution is -2.01. The summed E-state index contributed by atoms with van der Waals surface area (Å²) in [7, 11) is 0. The van der Waals surface area contributed by atoms with Crippen LogP contribution in [0.3, 0.4) is 0 Å². The van der Waals surface area contributed by atoms with Crippen LogP contribution in [0.2, 0.25) is 0 Å². The Morgan fingerprint density at radius 1 is 1.36 bits per heavy atom. The minimum Gasteiger partial charge on any atom is -0.478 e. The fourth-order valence-electron chi connectivity index (χ4n) is 1.05. The van der Waals surface area contributed by atoms with Gasteiger partial charge in [-0.3, -0.25) is 0 Å². The van der Waals surface area contributed by atoms with Crippen LogP contribution >= 0.6 is 0 Å². The minimum atomic E-state index is -0.818. The van der Waals surface area contributed by atoms with E-state index in [1.54, 1.807) is 6.08 Å². The van der Waals surface area contributed by atoms with Gasteiger partial charge in [0.1, 0.15) is 0 Å². The summed E-state index contributed by atoms with van der Waals surface area (Å²) in [6.07, 6.45) is 5.21. The molecule has 0 aliphatic heterocycles. The summed E-state index contributed by atoms with van der Waals surface area (Å²) < 4.78 is 5.31. The second-order valence-corrected chi connectivity index (χ2v) is 3.14. The maximum absolute atomic E-state index is 10.6. The average Bonchev–Trinajstić information content (AvgIpc) is 2.16. The van der Waals surface area contributed by atoms with Gasteiger partial charge in [-0.05, 0) is 19.3 Å². The molecule has 0 fully saturated rings. The maximum atomic E-state index is 10.6. The van der Waals surface area contributed by atoms with Gasteiger partial charge >= 0.3 is 5.97 Å². The van der Waals surface area contributed by atoms with Crippen molar-refractivity contribution in [2.75, 3.05) is 13.2 Å². The Kier molecular flexibility index (Phi) is 8.24. The molecule has 0 aromatic carbocycles. The molecule has 0 saturated carbocycles. The van der Waals surface area contributed by atoms with Crippen LogP contribution in [0.1, 0.15) is 39.5 Å². The Morgan fingerprint density at radius 2 is 2.07 bits per heavy atom. The molecule has 0 amide bonds. The number of carboxylic acids is 1. The van der Waals surface area contributed by atoms with E-state index in [0.717, 1.165) is 19.4 Å². The molecule has 0 rings (SSSR count). The number of hydrogen-bond acceptors (Lipinski definition) is 2. The number of aliphatic carboxylic acids is 1. The van der Waals surface area contributed by atoms with Crippen LogP contribution in [0, 0.1) is 0 Å². The van der Waals surface area contributed by atoms with Crippen LogP contribution in [0.25, 0.3) is 0 Å². The first kappa shape index (κ1) is 13.2. The zero-order chi connectivity index (χ0) is 10.8. The molecule has 1 N–H and O–H groups in total. The van der Waals surface area contributed by atoms with Crippen LogP contribution in [-0.2, 0) is 9.53 Å². The fourth-order valence-corrected chi connectivity index (χ4v) is 1.05. The molecular weight excluding hydrogens is 180 g/mol. The van der Waals surface area contributed by atoms with Gasteiger partial charge in [-0.25, -0.2) is 4.79 Å². The molecule has 0 bridgehead atoms. The zero-order valence-electron chi connectivity index (χ0n) is 9.08. The van der Waals surface area contributed by atoms with E-state index >= 15 is 0 Å². The van der Waals surface area contributed by atoms with Gasteiger partial charge in [0.05, 0.1) is 6.61 Å². The predicted molar refractivity (Wildman–Crippen MR) is 56.4 cm³/mol. The lowest BCUT2D eigenvalue weighted by atomic mass is 10.2. The Balaban J connectivity index is 3.53. The highest BCUT2D eigenvalue weighted by Gasteiger charge is 2.02. The third-order valence-corrected chi connectivity index (χ3v) is 1.95. The molecule has 82 valence electrons. The molecule has 0 saturated heterocycles. The molecule has 0 aromatic heterocycles. The zero-order valence-corrected chi connectivity index (χ0v) is 9.08.